The zero-order valence-corrected chi connectivity index (χ0v) is 17.9. The smallest absolute Gasteiger partial charge is 0.340 e. The summed E-state index contributed by atoms with van der Waals surface area (Å²) in [5, 5.41) is 0. The van der Waals surface area contributed by atoms with Crippen molar-refractivity contribution in [3.05, 3.63) is 75.2 Å². The zero-order chi connectivity index (χ0) is 21.3. The molecular formula is C22H20BrNO6. The van der Waals surface area contributed by atoms with Crippen molar-refractivity contribution in [1.82, 2.24) is 0 Å². The Balaban J connectivity index is 1.66. The van der Waals surface area contributed by atoms with Crippen LogP contribution in [0.1, 0.15) is 36.7 Å². The number of carbonyl (C=O) groups excluding carboxylic acids is 2. The molecule has 2 aliphatic rings. The normalized spacial score (nSPS) is 18.7. The zero-order valence-electron chi connectivity index (χ0n) is 16.3. The van der Waals surface area contributed by atoms with Gasteiger partial charge in [-0.05, 0) is 46.6 Å². The Labute approximate surface area is 181 Å². The molecule has 0 radical (unpaired) electrons. The van der Waals surface area contributed by atoms with Crippen molar-refractivity contribution in [3.8, 4) is 5.75 Å². The van der Waals surface area contributed by atoms with E-state index in [-0.39, 0.29) is 23.8 Å². The molecule has 1 aliphatic heterocycles. The second-order valence-corrected chi connectivity index (χ2v) is 7.80. The predicted octanol–water partition coefficient (Wildman–Crippen LogP) is 4.09. The Morgan fingerprint density at radius 3 is 2.80 bits per heavy atom. The molecule has 8 heteroatoms. The van der Waals surface area contributed by atoms with E-state index in [0.717, 1.165) is 4.47 Å². The summed E-state index contributed by atoms with van der Waals surface area (Å²) in [5.41, 5.74) is 6.51. The third kappa shape index (κ3) is 3.75. The van der Waals surface area contributed by atoms with Crippen molar-refractivity contribution in [1.29, 1.82) is 0 Å². The molecule has 1 aromatic carbocycles. The molecule has 4 rings (SSSR count). The molecule has 1 aromatic heterocycles. The van der Waals surface area contributed by atoms with Gasteiger partial charge in [0.15, 0.2) is 5.78 Å². The molecule has 1 atom stereocenters. The SMILES string of the molecule is COC(=O)C1=C(N)OC2=C(C(=O)CCC2)[C@H]1c1ccc(COc2ccccc2Br)o1. The van der Waals surface area contributed by atoms with Crippen LogP contribution in [0.3, 0.4) is 0 Å². The summed E-state index contributed by atoms with van der Waals surface area (Å²) in [6.07, 6.45) is 1.63. The largest absolute Gasteiger partial charge is 0.484 e. The van der Waals surface area contributed by atoms with Gasteiger partial charge in [-0.25, -0.2) is 4.79 Å². The molecule has 7 nitrogen and oxygen atoms in total. The van der Waals surface area contributed by atoms with Gasteiger partial charge in [0.05, 0.1) is 17.5 Å². The molecule has 0 spiro atoms. The van der Waals surface area contributed by atoms with Crippen LogP contribution in [-0.2, 0) is 25.7 Å². The van der Waals surface area contributed by atoms with E-state index in [1.165, 1.54) is 7.11 Å². The summed E-state index contributed by atoms with van der Waals surface area (Å²) >= 11 is 3.44. The second kappa shape index (κ2) is 8.39. The number of methoxy groups -OCH3 is 1. The Hall–Kier alpha value is -3.00. The Bertz CT molecular complexity index is 1070. The van der Waals surface area contributed by atoms with Crippen LogP contribution in [0.15, 0.2) is 68.1 Å². The highest BCUT2D eigenvalue weighted by molar-refractivity contribution is 9.10. The van der Waals surface area contributed by atoms with Crippen molar-refractivity contribution in [2.45, 2.75) is 31.8 Å². The van der Waals surface area contributed by atoms with E-state index in [9.17, 15) is 9.59 Å². The lowest BCUT2D eigenvalue weighted by Crippen LogP contribution is -2.31. The van der Waals surface area contributed by atoms with Gasteiger partial charge in [-0.3, -0.25) is 4.79 Å². The monoisotopic (exact) mass is 473 g/mol. The van der Waals surface area contributed by atoms with Gasteiger partial charge in [-0.1, -0.05) is 12.1 Å². The average Bonchev–Trinajstić information content (AvgIpc) is 3.20. The van der Waals surface area contributed by atoms with Crippen LogP contribution in [-0.4, -0.2) is 18.9 Å². The lowest BCUT2D eigenvalue weighted by atomic mass is 9.79. The van der Waals surface area contributed by atoms with Crippen molar-refractivity contribution >= 4 is 27.7 Å². The quantitative estimate of drug-likeness (QED) is 0.652. The van der Waals surface area contributed by atoms with Crippen molar-refractivity contribution in [2.75, 3.05) is 7.11 Å². The minimum Gasteiger partial charge on any atom is -0.484 e. The molecule has 0 unspecified atom stereocenters. The first-order chi connectivity index (χ1) is 14.5. The number of esters is 1. The minimum atomic E-state index is -0.772. The topological polar surface area (TPSA) is 101 Å². The van der Waals surface area contributed by atoms with Crippen LogP contribution in [0.2, 0.25) is 0 Å². The maximum Gasteiger partial charge on any atom is 0.340 e. The first kappa shape index (κ1) is 20.3. The van der Waals surface area contributed by atoms with Crippen molar-refractivity contribution < 1.29 is 28.2 Å². The van der Waals surface area contributed by atoms with E-state index in [1.54, 1.807) is 12.1 Å². The molecule has 2 heterocycles. The number of hydrogen-bond donors (Lipinski definition) is 1. The summed E-state index contributed by atoms with van der Waals surface area (Å²) in [6.45, 7) is 0.179. The van der Waals surface area contributed by atoms with Gasteiger partial charge in [0, 0.05) is 18.4 Å². The van der Waals surface area contributed by atoms with Crippen LogP contribution in [0.4, 0.5) is 0 Å². The Morgan fingerprint density at radius 1 is 1.23 bits per heavy atom. The molecular weight excluding hydrogens is 454 g/mol. The first-order valence-corrected chi connectivity index (χ1v) is 10.3. The molecule has 156 valence electrons. The van der Waals surface area contributed by atoms with E-state index in [1.807, 2.05) is 24.3 Å². The van der Waals surface area contributed by atoms with Gasteiger partial charge in [0.25, 0.3) is 0 Å². The fraction of sp³-hybridized carbons (Fsp3) is 0.273. The number of benzene rings is 1. The third-order valence-corrected chi connectivity index (χ3v) is 5.72. The fourth-order valence-corrected chi connectivity index (χ4v) is 4.09. The number of Topliss-reactive ketones (excluding diaryl/α,β-unsaturated/α-hetero) is 1. The van der Waals surface area contributed by atoms with Crippen molar-refractivity contribution in [2.24, 2.45) is 5.73 Å². The maximum atomic E-state index is 12.7. The van der Waals surface area contributed by atoms with Crippen LogP contribution in [0.5, 0.6) is 5.75 Å². The molecule has 0 amide bonds. The number of ether oxygens (including phenoxy) is 3. The van der Waals surface area contributed by atoms with Crippen molar-refractivity contribution in [3.63, 3.8) is 0 Å². The number of nitrogens with two attached hydrogens (primary N) is 1. The number of furan rings is 1. The number of rotatable bonds is 5. The highest BCUT2D eigenvalue weighted by Gasteiger charge is 2.42. The standard InChI is InChI=1S/C22H20BrNO6/c1-27-22(26)20-19(18-14(25)6-4-8-16(18)30-21(20)24)17-10-9-12(29-17)11-28-15-7-3-2-5-13(15)23/h2-3,5,7,9-10,19H,4,6,8,11,24H2,1H3/t19-/m1/s1. The highest BCUT2D eigenvalue weighted by atomic mass is 79.9. The summed E-state index contributed by atoms with van der Waals surface area (Å²) < 4.78 is 23.1. The molecule has 2 aromatic rings. The van der Waals surface area contributed by atoms with Crippen LogP contribution >= 0.6 is 15.9 Å². The van der Waals surface area contributed by atoms with E-state index in [4.69, 9.17) is 24.4 Å². The molecule has 2 N–H and O–H groups in total. The van der Waals surface area contributed by atoms with Gasteiger partial charge in [0.1, 0.15) is 35.2 Å². The lowest BCUT2D eigenvalue weighted by molar-refractivity contribution is -0.136. The molecule has 0 fully saturated rings. The molecule has 1 aliphatic carbocycles. The summed E-state index contributed by atoms with van der Waals surface area (Å²) in [4.78, 5) is 25.2. The molecule has 0 bridgehead atoms. The predicted molar refractivity (Wildman–Crippen MR) is 110 cm³/mol. The number of allylic oxidation sites excluding steroid dienone is 2. The number of carbonyl (C=O) groups is 2. The fourth-order valence-electron chi connectivity index (χ4n) is 3.69. The van der Waals surface area contributed by atoms with Gasteiger partial charge < -0.3 is 24.4 Å². The van der Waals surface area contributed by atoms with Gasteiger partial charge >= 0.3 is 5.97 Å². The average molecular weight is 474 g/mol. The summed E-state index contributed by atoms with van der Waals surface area (Å²) in [6, 6.07) is 10.9. The van der Waals surface area contributed by atoms with Gasteiger partial charge in [0.2, 0.25) is 5.88 Å². The van der Waals surface area contributed by atoms with E-state index < -0.39 is 11.9 Å². The van der Waals surface area contributed by atoms with Crippen LogP contribution < -0.4 is 10.5 Å². The summed E-state index contributed by atoms with van der Waals surface area (Å²) in [7, 11) is 1.26. The second-order valence-electron chi connectivity index (χ2n) is 6.94. The number of ketones is 1. The maximum absolute atomic E-state index is 12.7. The highest BCUT2D eigenvalue weighted by Crippen LogP contribution is 2.44. The van der Waals surface area contributed by atoms with Crippen LogP contribution in [0.25, 0.3) is 0 Å². The molecule has 0 saturated heterocycles. The van der Waals surface area contributed by atoms with Crippen LogP contribution in [0, 0.1) is 0 Å². The first-order valence-electron chi connectivity index (χ1n) is 9.47. The third-order valence-electron chi connectivity index (χ3n) is 5.06. The number of hydrogen-bond acceptors (Lipinski definition) is 7. The van der Waals surface area contributed by atoms with E-state index >= 15 is 0 Å². The minimum absolute atomic E-state index is 0.0669. The van der Waals surface area contributed by atoms with Gasteiger partial charge in [-0.2, -0.15) is 0 Å². The number of halogens is 1. The van der Waals surface area contributed by atoms with Gasteiger partial charge in [-0.15, -0.1) is 0 Å². The number of para-hydroxylation sites is 1. The Morgan fingerprint density at radius 2 is 2.03 bits per heavy atom. The van der Waals surface area contributed by atoms with E-state index in [0.29, 0.717) is 47.9 Å². The van der Waals surface area contributed by atoms with E-state index in [2.05, 4.69) is 15.9 Å². The molecule has 0 saturated carbocycles. The Kier molecular flexibility index (Phi) is 5.67. The lowest BCUT2D eigenvalue weighted by Gasteiger charge is -2.30. The summed E-state index contributed by atoms with van der Waals surface area (Å²) in [5.74, 6) is 0.532. The molecule has 30 heavy (non-hydrogen) atoms.